The van der Waals surface area contributed by atoms with Gasteiger partial charge in [0, 0.05) is 18.5 Å². The Hall–Kier alpha value is -2.47. The van der Waals surface area contributed by atoms with Crippen molar-refractivity contribution in [3.05, 3.63) is 69.9 Å². The summed E-state index contributed by atoms with van der Waals surface area (Å²) in [6, 6.07) is 6.32. The SMILES string of the molecule is Cc1cn2c([C@@H]3CCCCO3)ncc2c(=O)n1Cc1cccc(F)c1. The van der Waals surface area contributed by atoms with Gasteiger partial charge in [-0.3, -0.25) is 9.20 Å². The molecule has 1 aromatic carbocycles. The molecular weight excluding hydrogens is 321 g/mol. The third-order valence-electron chi connectivity index (χ3n) is 4.73. The molecule has 1 aliphatic rings. The first-order chi connectivity index (χ1) is 12.1. The van der Waals surface area contributed by atoms with Crippen molar-refractivity contribution in [2.24, 2.45) is 0 Å². The molecule has 0 spiro atoms. The van der Waals surface area contributed by atoms with Crippen LogP contribution in [0.5, 0.6) is 0 Å². The third kappa shape index (κ3) is 2.98. The molecule has 1 fully saturated rings. The Labute approximate surface area is 144 Å². The zero-order valence-corrected chi connectivity index (χ0v) is 14.1. The maximum atomic E-state index is 13.4. The van der Waals surface area contributed by atoms with E-state index in [0.29, 0.717) is 12.1 Å². The average Bonchev–Trinajstić information content (AvgIpc) is 3.03. The lowest BCUT2D eigenvalue weighted by Gasteiger charge is -2.21. The summed E-state index contributed by atoms with van der Waals surface area (Å²) in [6.45, 7) is 2.94. The van der Waals surface area contributed by atoms with Crippen molar-refractivity contribution in [1.82, 2.24) is 14.0 Å². The van der Waals surface area contributed by atoms with E-state index in [1.807, 2.05) is 23.6 Å². The van der Waals surface area contributed by atoms with Gasteiger partial charge in [0.2, 0.25) is 0 Å². The van der Waals surface area contributed by atoms with Gasteiger partial charge in [-0.15, -0.1) is 0 Å². The van der Waals surface area contributed by atoms with E-state index in [9.17, 15) is 9.18 Å². The number of halogens is 1. The average molecular weight is 341 g/mol. The van der Waals surface area contributed by atoms with E-state index < -0.39 is 0 Å². The van der Waals surface area contributed by atoms with E-state index in [4.69, 9.17) is 4.74 Å². The van der Waals surface area contributed by atoms with Crippen LogP contribution in [0.1, 0.15) is 42.4 Å². The van der Waals surface area contributed by atoms with Crippen LogP contribution in [0.25, 0.3) is 5.52 Å². The number of hydrogen-bond donors (Lipinski definition) is 0. The molecule has 2 aromatic heterocycles. The molecule has 5 nitrogen and oxygen atoms in total. The summed E-state index contributed by atoms with van der Waals surface area (Å²) >= 11 is 0. The van der Waals surface area contributed by atoms with Crippen LogP contribution in [-0.2, 0) is 11.3 Å². The minimum Gasteiger partial charge on any atom is -0.370 e. The van der Waals surface area contributed by atoms with Gasteiger partial charge in [-0.25, -0.2) is 9.37 Å². The van der Waals surface area contributed by atoms with Gasteiger partial charge < -0.3 is 9.30 Å². The number of fused-ring (bicyclic) bond motifs is 1. The first-order valence-corrected chi connectivity index (χ1v) is 8.57. The Morgan fingerprint density at radius 1 is 1.36 bits per heavy atom. The number of hydrogen-bond acceptors (Lipinski definition) is 3. The first-order valence-electron chi connectivity index (χ1n) is 8.57. The molecule has 1 atom stereocenters. The number of rotatable bonds is 3. The standard InChI is InChI=1S/C19H20FN3O2/c1-13-11-23-16(10-21-18(23)17-7-2-3-8-25-17)19(24)22(13)12-14-5-4-6-15(20)9-14/h4-6,9-11,17H,2-3,7-8,12H2,1H3/t17-/m0/s1. The van der Waals surface area contributed by atoms with Crippen LogP contribution in [0.2, 0.25) is 0 Å². The molecule has 0 N–H and O–H groups in total. The number of aryl methyl sites for hydroxylation is 1. The second-order valence-corrected chi connectivity index (χ2v) is 6.52. The largest absolute Gasteiger partial charge is 0.370 e. The predicted octanol–water partition coefficient (Wildman–Crippen LogP) is 3.23. The molecular formula is C19H20FN3O2. The van der Waals surface area contributed by atoms with Crippen molar-refractivity contribution in [2.75, 3.05) is 6.61 Å². The number of ether oxygens (including phenoxy) is 1. The lowest BCUT2D eigenvalue weighted by atomic mass is 10.1. The summed E-state index contributed by atoms with van der Waals surface area (Å²) in [7, 11) is 0. The van der Waals surface area contributed by atoms with Gasteiger partial charge in [-0.05, 0) is 43.9 Å². The van der Waals surface area contributed by atoms with Gasteiger partial charge in [0.25, 0.3) is 5.56 Å². The molecule has 1 aliphatic heterocycles. The molecule has 1 saturated heterocycles. The molecule has 0 unspecified atom stereocenters. The Balaban J connectivity index is 1.76. The quantitative estimate of drug-likeness (QED) is 0.735. The Bertz CT molecular complexity index is 970. The second-order valence-electron chi connectivity index (χ2n) is 6.52. The van der Waals surface area contributed by atoms with E-state index >= 15 is 0 Å². The molecule has 3 heterocycles. The Kier molecular flexibility index (Phi) is 4.13. The van der Waals surface area contributed by atoms with Crippen LogP contribution < -0.4 is 5.56 Å². The van der Waals surface area contributed by atoms with Crippen LogP contribution in [0, 0.1) is 12.7 Å². The van der Waals surface area contributed by atoms with E-state index in [0.717, 1.165) is 43.0 Å². The van der Waals surface area contributed by atoms with Gasteiger partial charge in [0.05, 0.1) is 12.7 Å². The summed E-state index contributed by atoms with van der Waals surface area (Å²) in [5.41, 5.74) is 1.95. The van der Waals surface area contributed by atoms with Crippen molar-refractivity contribution < 1.29 is 9.13 Å². The van der Waals surface area contributed by atoms with Crippen molar-refractivity contribution in [3.8, 4) is 0 Å². The summed E-state index contributed by atoms with van der Waals surface area (Å²) in [5.74, 6) is 0.484. The fraction of sp³-hybridized carbons (Fsp3) is 0.368. The van der Waals surface area contributed by atoms with Gasteiger partial charge in [0.15, 0.2) is 0 Å². The first kappa shape index (κ1) is 16.0. The number of nitrogens with zero attached hydrogens (tertiary/aromatic N) is 3. The highest BCUT2D eigenvalue weighted by atomic mass is 19.1. The van der Waals surface area contributed by atoms with Crippen LogP contribution in [-0.4, -0.2) is 20.6 Å². The van der Waals surface area contributed by atoms with Crippen molar-refractivity contribution in [3.63, 3.8) is 0 Å². The zero-order valence-electron chi connectivity index (χ0n) is 14.1. The molecule has 0 amide bonds. The Morgan fingerprint density at radius 3 is 3.00 bits per heavy atom. The highest BCUT2D eigenvalue weighted by Crippen LogP contribution is 2.27. The lowest BCUT2D eigenvalue weighted by molar-refractivity contribution is 0.00913. The van der Waals surface area contributed by atoms with E-state index in [2.05, 4.69) is 4.98 Å². The van der Waals surface area contributed by atoms with Crippen LogP contribution in [0.4, 0.5) is 4.39 Å². The lowest BCUT2D eigenvalue weighted by Crippen LogP contribution is -2.25. The maximum Gasteiger partial charge on any atom is 0.276 e. The fourth-order valence-corrected chi connectivity index (χ4v) is 3.42. The van der Waals surface area contributed by atoms with E-state index in [1.54, 1.807) is 16.8 Å². The molecule has 25 heavy (non-hydrogen) atoms. The number of benzene rings is 1. The molecule has 6 heteroatoms. The maximum absolute atomic E-state index is 13.4. The zero-order chi connectivity index (χ0) is 17.4. The van der Waals surface area contributed by atoms with Gasteiger partial charge >= 0.3 is 0 Å². The highest BCUT2D eigenvalue weighted by Gasteiger charge is 2.22. The van der Waals surface area contributed by atoms with Crippen molar-refractivity contribution in [1.29, 1.82) is 0 Å². The molecule has 0 bridgehead atoms. The highest BCUT2D eigenvalue weighted by molar-refractivity contribution is 5.45. The molecule has 130 valence electrons. The topological polar surface area (TPSA) is 48.5 Å². The molecule has 0 saturated carbocycles. The summed E-state index contributed by atoms with van der Waals surface area (Å²) in [6.07, 6.45) is 6.56. The van der Waals surface area contributed by atoms with Crippen LogP contribution in [0.3, 0.4) is 0 Å². The second kappa shape index (κ2) is 6.44. The van der Waals surface area contributed by atoms with Crippen molar-refractivity contribution in [2.45, 2.75) is 38.8 Å². The smallest absolute Gasteiger partial charge is 0.276 e. The molecule has 0 radical (unpaired) electrons. The molecule has 0 aliphatic carbocycles. The monoisotopic (exact) mass is 341 g/mol. The van der Waals surface area contributed by atoms with Crippen molar-refractivity contribution >= 4 is 5.52 Å². The minimum atomic E-state index is -0.301. The summed E-state index contributed by atoms with van der Waals surface area (Å²) in [4.78, 5) is 17.4. The molecule has 3 aromatic rings. The Morgan fingerprint density at radius 2 is 2.24 bits per heavy atom. The normalized spacial score (nSPS) is 17.9. The van der Waals surface area contributed by atoms with E-state index in [1.165, 1.54) is 12.1 Å². The minimum absolute atomic E-state index is 0.0610. The third-order valence-corrected chi connectivity index (χ3v) is 4.73. The number of imidazole rings is 1. The van der Waals surface area contributed by atoms with E-state index in [-0.39, 0.29) is 17.5 Å². The number of aromatic nitrogens is 3. The summed E-state index contributed by atoms with van der Waals surface area (Å²) < 4.78 is 22.7. The summed E-state index contributed by atoms with van der Waals surface area (Å²) in [5, 5.41) is 0. The van der Waals surface area contributed by atoms with Gasteiger partial charge in [0.1, 0.15) is 23.3 Å². The van der Waals surface area contributed by atoms with Gasteiger partial charge in [-0.2, -0.15) is 0 Å². The fourth-order valence-electron chi connectivity index (χ4n) is 3.42. The molecule has 4 rings (SSSR count). The predicted molar refractivity (Wildman–Crippen MR) is 92.2 cm³/mol. The van der Waals surface area contributed by atoms with Gasteiger partial charge in [-0.1, -0.05) is 12.1 Å². The van der Waals surface area contributed by atoms with Crippen LogP contribution in [0.15, 0.2) is 41.5 Å². The van der Waals surface area contributed by atoms with Crippen LogP contribution >= 0.6 is 0 Å².